The van der Waals surface area contributed by atoms with Gasteiger partial charge in [-0.3, -0.25) is 14.4 Å². The lowest BCUT2D eigenvalue weighted by Gasteiger charge is -2.27. The number of ether oxygens (including phenoxy) is 4. The molecule has 0 rings (SSSR count). The van der Waals surface area contributed by atoms with Crippen LogP contribution in [0.5, 0.6) is 0 Å². The Kier molecular flexibility index (Phi) is 8.75. The van der Waals surface area contributed by atoms with Crippen molar-refractivity contribution in [2.75, 3.05) is 19.8 Å². The second-order valence-electron chi connectivity index (χ2n) is 3.89. The van der Waals surface area contributed by atoms with Crippen LogP contribution >= 0.6 is 0 Å². The largest absolute Gasteiger partial charge is 0.466 e. The zero-order valence-electron chi connectivity index (χ0n) is 12.4. The van der Waals surface area contributed by atoms with Gasteiger partial charge in [0, 0.05) is 0 Å². The van der Waals surface area contributed by atoms with Crippen LogP contribution in [0.1, 0.15) is 33.6 Å². The van der Waals surface area contributed by atoms with E-state index in [4.69, 9.17) is 18.9 Å². The highest BCUT2D eigenvalue weighted by atomic mass is 16.6. The summed E-state index contributed by atoms with van der Waals surface area (Å²) >= 11 is 0. The number of carbonyl (C=O) groups is 4. The topological polar surface area (TPSA) is 105 Å². The highest BCUT2D eigenvalue weighted by Gasteiger charge is 2.47. The summed E-state index contributed by atoms with van der Waals surface area (Å²) < 4.78 is 18.9. The molecule has 8 heteroatoms. The van der Waals surface area contributed by atoms with Crippen LogP contribution in [0, 0.1) is 0 Å². The minimum atomic E-state index is -2.07. The van der Waals surface area contributed by atoms with Crippen molar-refractivity contribution in [2.45, 2.75) is 39.2 Å². The van der Waals surface area contributed by atoms with E-state index in [2.05, 4.69) is 0 Å². The number of esters is 3. The van der Waals surface area contributed by atoms with E-state index in [0.717, 1.165) is 0 Å². The first-order chi connectivity index (χ1) is 9.95. The predicted octanol–water partition coefficient (Wildman–Crippen LogP) is 0.368. The summed E-state index contributed by atoms with van der Waals surface area (Å²) in [5, 5.41) is 0. The summed E-state index contributed by atoms with van der Waals surface area (Å²) in [6, 6.07) is 0. The third-order valence-corrected chi connectivity index (χ3v) is 2.39. The second-order valence-corrected chi connectivity index (χ2v) is 3.89. The van der Waals surface area contributed by atoms with E-state index in [9.17, 15) is 19.2 Å². The molecule has 0 aromatic rings. The molecule has 0 heterocycles. The normalized spacial score (nSPS) is 10.4. The Morgan fingerprint density at radius 2 is 1.29 bits per heavy atom. The lowest BCUT2D eigenvalue weighted by atomic mass is 9.95. The van der Waals surface area contributed by atoms with Crippen molar-refractivity contribution in [3.63, 3.8) is 0 Å². The van der Waals surface area contributed by atoms with Crippen LogP contribution in [0.2, 0.25) is 0 Å². The SMILES string of the molecule is CCOC(=O)CC(CC(=O)OCC)(OC=O)C(=O)OCC. The van der Waals surface area contributed by atoms with E-state index in [1.165, 1.54) is 6.92 Å². The van der Waals surface area contributed by atoms with Gasteiger partial charge in [-0.1, -0.05) is 0 Å². The molecule has 8 nitrogen and oxygen atoms in total. The molecular formula is C13H20O8. The zero-order valence-corrected chi connectivity index (χ0v) is 12.4. The Morgan fingerprint density at radius 3 is 1.62 bits per heavy atom. The number of hydrogen-bond donors (Lipinski definition) is 0. The van der Waals surface area contributed by atoms with Crippen molar-refractivity contribution >= 4 is 24.4 Å². The molecule has 120 valence electrons. The molecule has 0 atom stereocenters. The van der Waals surface area contributed by atoms with E-state index in [0.29, 0.717) is 0 Å². The molecule has 0 spiro atoms. The van der Waals surface area contributed by atoms with Crippen molar-refractivity contribution in [1.82, 2.24) is 0 Å². The molecule has 0 saturated heterocycles. The first-order valence-electron chi connectivity index (χ1n) is 6.55. The Morgan fingerprint density at radius 1 is 0.857 bits per heavy atom. The quantitative estimate of drug-likeness (QED) is 0.324. The van der Waals surface area contributed by atoms with E-state index in [1.807, 2.05) is 0 Å². The fraction of sp³-hybridized carbons (Fsp3) is 0.692. The van der Waals surface area contributed by atoms with Gasteiger partial charge in [-0.2, -0.15) is 0 Å². The van der Waals surface area contributed by atoms with Gasteiger partial charge in [0.2, 0.25) is 5.60 Å². The van der Waals surface area contributed by atoms with Gasteiger partial charge in [-0.25, -0.2) is 4.79 Å². The number of carbonyl (C=O) groups excluding carboxylic acids is 4. The highest BCUT2D eigenvalue weighted by molar-refractivity contribution is 5.91. The van der Waals surface area contributed by atoms with Crippen LogP contribution in [-0.2, 0) is 38.1 Å². The van der Waals surface area contributed by atoms with Gasteiger partial charge < -0.3 is 18.9 Å². The van der Waals surface area contributed by atoms with Gasteiger partial charge in [0.25, 0.3) is 6.47 Å². The maximum absolute atomic E-state index is 12.0. The van der Waals surface area contributed by atoms with E-state index in [-0.39, 0.29) is 26.3 Å². The van der Waals surface area contributed by atoms with Crippen LogP contribution < -0.4 is 0 Å². The first kappa shape index (κ1) is 18.9. The van der Waals surface area contributed by atoms with Crippen molar-refractivity contribution in [1.29, 1.82) is 0 Å². The fourth-order valence-electron chi connectivity index (χ4n) is 1.58. The van der Waals surface area contributed by atoms with Crippen LogP contribution in [0.25, 0.3) is 0 Å². The van der Waals surface area contributed by atoms with E-state index >= 15 is 0 Å². The molecule has 0 amide bonds. The molecule has 0 unspecified atom stereocenters. The Balaban J connectivity index is 5.30. The Bertz CT molecular complexity index is 356. The maximum Gasteiger partial charge on any atom is 0.351 e. The molecule has 0 aromatic heterocycles. The van der Waals surface area contributed by atoms with Gasteiger partial charge in [0.1, 0.15) is 0 Å². The van der Waals surface area contributed by atoms with Crippen molar-refractivity contribution in [3.05, 3.63) is 0 Å². The minimum absolute atomic E-state index is 0.00550. The van der Waals surface area contributed by atoms with Crippen molar-refractivity contribution in [2.24, 2.45) is 0 Å². The van der Waals surface area contributed by atoms with Gasteiger partial charge in [-0.05, 0) is 20.8 Å². The molecule has 0 saturated carbocycles. The highest BCUT2D eigenvalue weighted by Crippen LogP contribution is 2.24. The van der Waals surface area contributed by atoms with Gasteiger partial charge in [-0.15, -0.1) is 0 Å². The van der Waals surface area contributed by atoms with Crippen LogP contribution in [-0.4, -0.2) is 49.8 Å². The maximum atomic E-state index is 12.0. The van der Waals surface area contributed by atoms with Crippen molar-refractivity contribution in [3.8, 4) is 0 Å². The molecule has 0 radical (unpaired) electrons. The van der Waals surface area contributed by atoms with Gasteiger partial charge >= 0.3 is 17.9 Å². The second kappa shape index (κ2) is 9.73. The number of hydrogen-bond acceptors (Lipinski definition) is 8. The fourth-order valence-corrected chi connectivity index (χ4v) is 1.58. The lowest BCUT2D eigenvalue weighted by Crippen LogP contribution is -2.47. The van der Waals surface area contributed by atoms with E-state index < -0.39 is 36.4 Å². The summed E-state index contributed by atoms with van der Waals surface area (Å²) in [4.78, 5) is 45.9. The number of rotatable bonds is 10. The molecule has 0 fully saturated rings. The van der Waals surface area contributed by atoms with E-state index in [1.54, 1.807) is 13.8 Å². The van der Waals surface area contributed by atoms with Crippen LogP contribution in [0.3, 0.4) is 0 Å². The summed E-state index contributed by atoms with van der Waals surface area (Å²) in [6.45, 7) is 4.84. The molecule has 21 heavy (non-hydrogen) atoms. The third kappa shape index (κ3) is 6.24. The Hall–Kier alpha value is -2.12. The molecule has 0 aliphatic carbocycles. The Labute approximate surface area is 122 Å². The van der Waals surface area contributed by atoms with Crippen LogP contribution in [0.15, 0.2) is 0 Å². The molecule has 0 aliphatic heterocycles. The zero-order chi connectivity index (χ0) is 16.3. The monoisotopic (exact) mass is 304 g/mol. The smallest absolute Gasteiger partial charge is 0.351 e. The summed E-state index contributed by atoms with van der Waals surface area (Å²) in [5.41, 5.74) is -2.07. The van der Waals surface area contributed by atoms with Gasteiger partial charge in [0.15, 0.2) is 0 Å². The molecule has 0 aliphatic rings. The van der Waals surface area contributed by atoms with Gasteiger partial charge in [0.05, 0.1) is 32.7 Å². The molecule has 0 bridgehead atoms. The average molecular weight is 304 g/mol. The molecule has 0 N–H and O–H groups in total. The predicted molar refractivity (Wildman–Crippen MR) is 69.0 cm³/mol. The molecule has 0 aromatic carbocycles. The summed E-state index contributed by atoms with van der Waals surface area (Å²) in [5.74, 6) is -2.59. The van der Waals surface area contributed by atoms with Crippen molar-refractivity contribution < 1.29 is 38.1 Å². The molecular weight excluding hydrogens is 284 g/mol. The minimum Gasteiger partial charge on any atom is -0.466 e. The first-order valence-corrected chi connectivity index (χ1v) is 6.55. The summed E-state index contributed by atoms with van der Waals surface area (Å²) in [7, 11) is 0. The standard InChI is InChI=1S/C13H20O8/c1-4-18-10(15)7-13(21-9-14,12(17)20-6-3)8-11(16)19-5-2/h9H,4-8H2,1-3H3. The lowest BCUT2D eigenvalue weighted by molar-refractivity contribution is -0.185. The third-order valence-electron chi connectivity index (χ3n) is 2.39. The van der Waals surface area contributed by atoms with Crippen LogP contribution in [0.4, 0.5) is 0 Å². The average Bonchev–Trinajstić information content (AvgIpc) is 2.39. The summed E-state index contributed by atoms with van der Waals surface area (Å²) in [6.07, 6.45) is -1.26.